The van der Waals surface area contributed by atoms with Crippen molar-refractivity contribution in [2.45, 2.75) is 37.1 Å². The zero-order valence-corrected chi connectivity index (χ0v) is 19.5. The summed E-state index contributed by atoms with van der Waals surface area (Å²) >= 11 is 0. The van der Waals surface area contributed by atoms with Crippen LogP contribution in [0.5, 0.6) is 0 Å². The molecule has 9 heteroatoms. The van der Waals surface area contributed by atoms with Gasteiger partial charge in [0.05, 0.1) is 10.9 Å². The van der Waals surface area contributed by atoms with Crippen LogP contribution in [0.4, 0.5) is 0 Å². The number of hydrogen-bond donors (Lipinski definition) is 2. The fraction of sp³-hybridized carbons (Fsp3) is 0.192. The van der Waals surface area contributed by atoms with Crippen molar-refractivity contribution in [3.8, 4) is 11.5 Å². The molecule has 8 nitrogen and oxygen atoms in total. The molecule has 3 aromatic carbocycles. The highest BCUT2D eigenvalue weighted by Crippen LogP contribution is 2.35. The first kappa shape index (κ1) is 22.9. The topological polar surface area (TPSA) is 122 Å². The highest BCUT2D eigenvalue weighted by Gasteiger charge is 2.22. The Morgan fingerprint density at radius 2 is 1.66 bits per heavy atom. The largest absolute Gasteiger partial charge is 0.481 e. The highest BCUT2D eigenvalue weighted by atomic mass is 32.2. The Bertz CT molecular complexity index is 1690. The molecule has 178 valence electrons. The van der Waals surface area contributed by atoms with E-state index in [2.05, 4.69) is 4.57 Å². The molecule has 5 aromatic rings. The number of unbranched alkanes of at least 4 members (excludes halogenated alkanes) is 2. The molecule has 0 saturated carbocycles. The zero-order chi connectivity index (χ0) is 24.6. The van der Waals surface area contributed by atoms with Gasteiger partial charge in [0.15, 0.2) is 11.8 Å². The van der Waals surface area contributed by atoms with Crippen LogP contribution in [0, 0.1) is 0 Å². The minimum atomic E-state index is -4.46. The number of carboxylic acids is 1. The number of aliphatic carboxylic acids is 1. The van der Waals surface area contributed by atoms with Gasteiger partial charge in [-0.15, -0.1) is 0 Å². The second-order valence-electron chi connectivity index (χ2n) is 8.41. The third kappa shape index (κ3) is 4.48. The molecule has 0 aliphatic rings. The van der Waals surface area contributed by atoms with Gasteiger partial charge in [-0.25, -0.2) is 4.98 Å². The fourth-order valence-corrected chi connectivity index (χ4v) is 5.17. The van der Waals surface area contributed by atoms with Gasteiger partial charge >= 0.3 is 5.97 Å². The first-order valence-corrected chi connectivity index (χ1v) is 12.7. The molecule has 0 aliphatic carbocycles. The Hall–Kier alpha value is -3.82. The van der Waals surface area contributed by atoms with Crippen molar-refractivity contribution < 1.29 is 31.9 Å². The summed E-state index contributed by atoms with van der Waals surface area (Å²) in [6, 6.07) is 17.9. The number of fused-ring (bicyclic) bond motifs is 4. The maximum Gasteiger partial charge on any atom is 0.303 e. The van der Waals surface area contributed by atoms with E-state index in [0.717, 1.165) is 35.9 Å². The van der Waals surface area contributed by atoms with E-state index in [1.807, 2.05) is 36.5 Å². The number of aryl methyl sites for hydroxylation is 1. The average molecular weight is 492 g/mol. The van der Waals surface area contributed by atoms with Gasteiger partial charge in [-0.1, -0.05) is 36.4 Å². The van der Waals surface area contributed by atoms with Crippen molar-refractivity contribution in [2.75, 3.05) is 0 Å². The first-order chi connectivity index (χ1) is 16.8. The van der Waals surface area contributed by atoms with Gasteiger partial charge in [-0.2, -0.15) is 13.0 Å². The van der Waals surface area contributed by atoms with E-state index in [1.165, 1.54) is 6.07 Å². The van der Waals surface area contributed by atoms with Crippen molar-refractivity contribution in [1.29, 1.82) is 0 Å². The monoisotopic (exact) mass is 491 g/mol. The predicted molar refractivity (Wildman–Crippen MR) is 131 cm³/mol. The lowest BCUT2D eigenvalue weighted by Crippen LogP contribution is -2.34. The summed E-state index contributed by atoms with van der Waals surface area (Å²) < 4.78 is 41.9. The smallest absolute Gasteiger partial charge is 0.303 e. The number of aromatic nitrogens is 2. The van der Waals surface area contributed by atoms with E-state index < -0.39 is 16.1 Å². The van der Waals surface area contributed by atoms with E-state index in [1.54, 1.807) is 24.3 Å². The third-order valence-electron chi connectivity index (χ3n) is 6.09. The Morgan fingerprint density at radius 1 is 0.943 bits per heavy atom. The lowest BCUT2D eigenvalue weighted by Gasteiger charge is -2.05. The van der Waals surface area contributed by atoms with Crippen molar-refractivity contribution in [3.05, 3.63) is 66.9 Å². The molecule has 35 heavy (non-hydrogen) atoms. The molecule has 2 N–H and O–H groups in total. The number of oxazole rings is 1. The van der Waals surface area contributed by atoms with Gasteiger partial charge in [0.25, 0.3) is 10.1 Å². The van der Waals surface area contributed by atoms with Crippen LogP contribution < -0.4 is 4.57 Å². The van der Waals surface area contributed by atoms with Gasteiger partial charge < -0.3 is 9.52 Å². The van der Waals surface area contributed by atoms with Gasteiger partial charge in [0.2, 0.25) is 11.4 Å². The van der Waals surface area contributed by atoms with E-state index in [9.17, 15) is 17.8 Å². The molecule has 0 spiro atoms. The number of hydrogen-bond acceptors (Lipinski definition) is 5. The summed E-state index contributed by atoms with van der Waals surface area (Å²) in [7, 11) is -4.46. The van der Waals surface area contributed by atoms with Crippen molar-refractivity contribution >= 4 is 48.9 Å². The maximum absolute atomic E-state index is 12.0. The van der Waals surface area contributed by atoms with Gasteiger partial charge in [-0.05, 0) is 18.9 Å². The summed E-state index contributed by atoms with van der Waals surface area (Å²) in [5.41, 5.74) is 2.53. The third-order valence-corrected chi connectivity index (χ3v) is 6.98. The molecule has 0 atom stereocenters. The van der Waals surface area contributed by atoms with E-state index in [0.29, 0.717) is 28.6 Å². The lowest BCUT2D eigenvalue weighted by atomic mass is 10.1. The first-order valence-electron chi connectivity index (χ1n) is 11.3. The normalized spacial score (nSPS) is 12.0. The van der Waals surface area contributed by atoms with E-state index in [-0.39, 0.29) is 16.9 Å². The molecule has 0 unspecified atom stereocenters. The Morgan fingerprint density at radius 3 is 2.40 bits per heavy atom. The van der Waals surface area contributed by atoms with Crippen LogP contribution >= 0.6 is 0 Å². The molecule has 0 saturated heterocycles. The van der Waals surface area contributed by atoms with Gasteiger partial charge in [0, 0.05) is 41.8 Å². The van der Waals surface area contributed by atoms with Crippen LogP contribution in [-0.2, 0) is 21.5 Å². The molecule has 0 fully saturated rings. The number of carbonyl (C=O) groups is 1. The zero-order valence-electron chi connectivity index (χ0n) is 18.7. The Balaban J connectivity index is 1.58. The molecular weight excluding hydrogens is 468 g/mol. The minimum absolute atomic E-state index is 0.177. The van der Waals surface area contributed by atoms with Crippen LogP contribution in [0.3, 0.4) is 0 Å². The second kappa shape index (κ2) is 9.09. The SMILES string of the molecule is O=C(O)CCCCC[n+]1ccc(-c2nc3c(cc(S(=O)(=O)O)c4ccccc43)o2)c2ccccc21. The standard InChI is InChI=1S/C26H22N2O6S/c29-24(30)12-2-1-7-14-28-15-13-20(17-8-5-6-11-21(17)28)26-27-25-19-10-4-3-9-18(19)23(35(31,32)33)16-22(25)34-26/h3-6,8-11,13,15-16H,1-2,7,12,14H2,(H-,29,30,31,32,33)/p+1. The Labute approximate surface area is 201 Å². The highest BCUT2D eigenvalue weighted by molar-refractivity contribution is 7.86. The average Bonchev–Trinajstić information content (AvgIpc) is 3.27. The summed E-state index contributed by atoms with van der Waals surface area (Å²) in [5.74, 6) is -0.426. The summed E-state index contributed by atoms with van der Waals surface area (Å²) in [6.45, 7) is 0.746. The van der Waals surface area contributed by atoms with E-state index in [4.69, 9.17) is 14.5 Å². The second-order valence-corrected chi connectivity index (χ2v) is 9.80. The number of benzene rings is 3. The molecule has 0 amide bonds. The van der Waals surface area contributed by atoms with Crippen molar-refractivity contribution in [2.24, 2.45) is 0 Å². The fourth-order valence-electron chi connectivity index (χ4n) is 4.46. The molecule has 0 aliphatic heterocycles. The molecule has 0 radical (unpaired) electrons. The number of pyridine rings is 1. The summed E-state index contributed by atoms with van der Waals surface area (Å²) in [4.78, 5) is 15.2. The number of para-hydroxylation sites is 1. The quantitative estimate of drug-likeness (QED) is 0.178. The number of carboxylic acid groups (broad SMARTS) is 1. The molecule has 0 bridgehead atoms. The summed E-state index contributed by atoms with van der Waals surface area (Å²) in [6.07, 6.45) is 4.45. The Kier molecular flexibility index (Phi) is 5.96. The molecule has 2 heterocycles. The molecule has 2 aromatic heterocycles. The van der Waals surface area contributed by atoms with E-state index >= 15 is 0 Å². The number of nitrogens with zero attached hydrogens (tertiary/aromatic N) is 2. The molecular formula is C26H23N2O6S+. The van der Waals surface area contributed by atoms with Gasteiger partial charge in [0.1, 0.15) is 17.0 Å². The summed E-state index contributed by atoms with van der Waals surface area (Å²) in [5, 5.41) is 10.7. The molecule has 5 rings (SSSR count). The number of rotatable bonds is 8. The van der Waals surface area contributed by atoms with Gasteiger partial charge in [-0.3, -0.25) is 9.35 Å². The predicted octanol–water partition coefficient (Wildman–Crippen LogP) is 4.98. The minimum Gasteiger partial charge on any atom is -0.481 e. The maximum atomic E-state index is 12.0. The van der Waals surface area contributed by atoms with Crippen molar-refractivity contribution in [3.63, 3.8) is 0 Å². The van der Waals surface area contributed by atoms with Crippen LogP contribution in [0.25, 0.3) is 44.2 Å². The van der Waals surface area contributed by atoms with Crippen LogP contribution in [0.15, 0.2) is 76.2 Å². The van der Waals surface area contributed by atoms with Crippen LogP contribution in [0.1, 0.15) is 25.7 Å². The van der Waals surface area contributed by atoms with Crippen LogP contribution in [-0.4, -0.2) is 29.0 Å². The van der Waals surface area contributed by atoms with Crippen LogP contribution in [0.2, 0.25) is 0 Å². The van der Waals surface area contributed by atoms with Crippen molar-refractivity contribution in [1.82, 2.24) is 4.98 Å². The lowest BCUT2D eigenvalue weighted by molar-refractivity contribution is -0.671.